The van der Waals surface area contributed by atoms with Gasteiger partial charge in [-0.3, -0.25) is 4.90 Å². The second kappa shape index (κ2) is 11.4. The molecule has 2 unspecified atom stereocenters. The van der Waals surface area contributed by atoms with Crippen LogP contribution in [0.1, 0.15) is 62.3 Å². The zero-order chi connectivity index (χ0) is 28.3. The van der Waals surface area contributed by atoms with Crippen molar-refractivity contribution in [2.45, 2.75) is 76.1 Å². The van der Waals surface area contributed by atoms with Crippen molar-refractivity contribution in [2.24, 2.45) is 0 Å². The molecule has 11 heteroatoms. The lowest BCUT2D eigenvalue weighted by Crippen LogP contribution is -2.51. The van der Waals surface area contributed by atoms with E-state index in [0.29, 0.717) is 19.4 Å². The van der Waals surface area contributed by atoms with Gasteiger partial charge in [0.05, 0.1) is 13.2 Å². The van der Waals surface area contributed by atoms with E-state index in [1.807, 2.05) is 30.3 Å². The Kier molecular flexibility index (Phi) is 8.90. The largest absolute Gasteiger partial charge is 0.496 e. The Labute approximate surface area is 218 Å². The first-order chi connectivity index (χ1) is 17.6. The molecule has 0 bridgehead atoms. The minimum Gasteiger partial charge on any atom is -0.496 e. The van der Waals surface area contributed by atoms with Gasteiger partial charge in [0.15, 0.2) is 5.92 Å². The van der Waals surface area contributed by atoms with Crippen LogP contribution in [-0.2, 0) is 11.3 Å². The van der Waals surface area contributed by atoms with Crippen LogP contribution in [0.3, 0.4) is 0 Å². The molecule has 2 atom stereocenters. The van der Waals surface area contributed by atoms with Crippen LogP contribution in [0.5, 0.6) is 5.75 Å². The number of alkyl halides is 6. The number of rotatable bonds is 6. The Morgan fingerprint density at radius 1 is 1.03 bits per heavy atom. The van der Waals surface area contributed by atoms with E-state index in [4.69, 9.17) is 9.47 Å². The van der Waals surface area contributed by atoms with Crippen molar-refractivity contribution < 1.29 is 40.6 Å². The molecular formula is C27H32F6N2O3. The number of hydrogen-bond donors (Lipinski definition) is 1. The van der Waals surface area contributed by atoms with Crippen molar-refractivity contribution in [2.75, 3.05) is 13.7 Å². The van der Waals surface area contributed by atoms with Crippen molar-refractivity contribution in [3.63, 3.8) is 0 Å². The number of nitrogens with zero attached hydrogens (tertiary/aromatic N) is 1. The molecule has 1 amide bonds. The molecule has 38 heavy (non-hydrogen) atoms. The van der Waals surface area contributed by atoms with Gasteiger partial charge in [-0.15, -0.1) is 0 Å². The smallest absolute Gasteiger partial charge is 0.410 e. The number of amides is 1. The van der Waals surface area contributed by atoms with Crippen LogP contribution < -0.4 is 10.1 Å². The SMILES string of the molecule is COc1ccc(C(C(F)(F)F)C(F)(F)F)cc1CNC1CCCN(C(=O)OC(C)(C)C)C1c1ccccc1. The summed E-state index contributed by atoms with van der Waals surface area (Å²) in [6.45, 7) is 5.64. The highest BCUT2D eigenvalue weighted by molar-refractivity contribution is 5.69. The molecule has 5 nitrogen and oxygen atoms in total. The number of halogens is 6. The second-order valence-electron chi connectivity index (χ2n) is 10.2. The summed E-state index contributed by atoms with van der Waals surface area (Å²) >= 11 is 0. The van der Waals surface area contributed by atoms with Crippen LogP contribution >= 0.6 is 0 Å². The lowest BCUT2D eigenvalue weighted by Gasteiger charge is -2.42. The van der Waals surface area contributed by atoms with E-state index in [-0.39, 0.29) is 23.9 Å². The third kappa shape index (κ3) is 7.33. The van der Waals surface area contributed by atoms with E-state index >= 15 is 0 Å². The quantitative estimate of drug-likeness (QED) is 0.392. The number of hydrogen-bond acceptors (Lipinski definition) is 4. The minimum absolute atomic E-state index is 0.0738. The number of carbonyl (C=O) groups is 1. The fourth-order valence-corrected chi connectivity index (χ4v) is 4.72. The molecule has 3 rings (SSSR count). The van der Waals surface area contributed by atoms with Gasteiger partial charge >= 0.3 is 18.4 Å². The van der Waals surface area contributed by atoms with Gasteiger partial charge in [0, 0.05) is 24.7 Å². The molecule has 0 radical (unpaired) electrons. The van der Waals surface area contributed by atoms with Gasteiger partial charge in [-0.05, 0) is 56.9 Å². The molecule has 1 N–H and O–H groups in total. The fourth-order valence-electron chi connectivity index (χ4n) is 4.72. The number of nitrogens with one attached hydrogen (secondary N) is 1. The number of methoxy groups -OCH3 is 1. The first-order valence-electron chi connectivity index (χ1n) is 12.2. The van der Waals surface area contributed by atoms with Gasteiger partial charge in [0.1, 0.15) is 11.4 Å². The highest BCUT2D eigenvalue weighted by Gasteiger charge is 2.57. The molecule has 1 aliphatic heterocycles. The number of benzene rings is 2. The molecule has 2 aromatic carbocycles. The molecule has 210 valence electrons. The summed E-state index contributed by atoms with van der Waals surface area (Å²) in [7, 11) is 1.29. The molecule has 1 fully saturated rings. The Hall–Kier alpha value is -2.95. The Bertz CT molecular complexity index is 1070. The van der Waals surface area contributed by atoms with Crippen molar-refractivity contribution in [1.82, 2.24) is 10.2 Å². The molecule has 1 saturated heterocycles. The van der Waals surface area contributed by atoms with Crippen LogP contribution in [0, 0.1) is 0 Å². The van der Waals surface area contributed by atoms with E-state index in [1.54, 1.807) is 25.7 Å². The maximum atomic E-state index is 13.4. The Morgan fingerprint density at radius 2 is 1.66 bits per heavy atom. The predicted octanol–water partition coefficient (Wildman–Crippen LogP) is 7.13. The molecule has 1 aliphatic rings. The summed E-state index contributed by atoms with van der Waals surface area (Å²) < 4.78 is 90.9. The monoisotopic (exact) mass is 546 g/mol. The van der Waals surface area contributed by atoms with E-state index in [9.17, 15) is 31.1 Å². The van der Waals surface area contributed by atoms with Gasteiger partial charge in [0.2, 0.25) is 0 Å². The predicted molar refractivity (Wildman–Crippen MR) is 130 cm³/mol. The zero-order valence-electron chi connectivity index (χ0n) is 21.6. The molecule has 0 spiro atoms. The Balaban J connectivity index is 1.92. The molecular weight excluding hydrogens is 514 g/mol. The summed E-state index contributed by atoms with van der Waals surface area (Å²) in [5, 5.41) is 3.26. The standard InChI is InChI=1S/C27H32F6N2O3/c1-25(2,3)38-24(36)35-14-8-11-20(22(35)17-9-6-5-7-10-17)34-16-19-15-18(12-13-21(19)37-4)23(26(28,29)30)27(31,32)33/h5-7,9-10,12-13,15,20,22-23,34H,8,11,14,16H2,1-4H3. The third-order valence-electron chi connectivity index (χ3n) is 6.25. The first kappa shape index (κ1) is 29.6. The van der Waals surface area contributed by atoms with E-state index < -0.39 is 41.6 Å². The summed E-state index contributed by atoms with van der Waals surface area (Å²) in [4.78, 5) is 14.7. The van der Waals surface area contributed by atoms with Gasteiger partial charge in [-0.25, -0.2) is 4.79 Å². The fraction of sp³-hybridized carbons (Fsp3) is 0.519. The normalized spacial score (nSPS) is 19.0. The van der Waals surface area contributed by atoms with Crippen molar-refractivity contribution in [3.8, 4) is 5.75 Å². The van der Waals surface area contributed by atoms with Crippen molar-refractivity contribution in [3.05, 3.63) is 65.2 Å². The summed E-state index contributed by atoms with van der Waals surface area (Å²) in [6.07, 6.45) is -10.3. The molecule has 0 aliphatic carbocycles. The number of carbonyl (C=O) groups excluding carboxylic acids is 1. The topological polar surface area (TPSA) is 50.8 Å². The van der Waals surface area contributed by atoms with Crippen LogP contribution in [0.25, 0.3) is 0 Å². The van der Waals surface area contributed by atoms with Gasteiger partial charge < -0.3 is 14.8 Å². The van der Waals surface area contributed by atoms with Gasteiger partial charge in [0.25, 0.3) is 0 Å². The van der Waals surface area contributed by atoms with Crippen molar-refractivity contribution >= 4 is 6.09 Å². The highest BCUT2D eigenvalue weighted by atomic mass is 19.4. The average molecular weight is 547 g/mol. The van der Waals surface area contributed by atoms with Crippen LogP contribution in [-0.4, -0.2) is 48.6 Å². The Morgan fingerprint density at radius 3 is 2.21 bits per heavy atom. The van der Waals surface area contributed by atoms with Gasteiger partial charge in [-0.2, -0.15) is 26.3 Å². The zero-order valence-corrected chi connectivity index (χ0v) is 21.6. The maximum absolute atomic E-state index is 13.4. The minimum atomic E-state index is -5.51. The molecule has 2 aromatic rings. The van der Waals surface area contributed by atoms with Gasteiger partial charge in [-0.1, -0.05) is 36.4 Å². The number of piperidine rings is 1. The maximum Gasteiger partial charge on any atom is 0.410 e. The van der Waals surface area contributed by atoms with E-state index in [2.05, 4.69) is 5.32 Å². The number of ether oxygens (including phenoxy) is 2. The third-order valence-corrected chi connectivity index (χ3v) is 6.25. The number of likely N-dealkylation sites (tertiary alicyclic amines) is 1. The summed E-state index contributed by atoms with van der Waals surface area (Å²) in [6, 6.07) is 11.2. The molecule has 0 saturated carbocycles. The first-order valence-corrected chi connectivity index (χ1v) is 12.2. The van der Waals surface area contributed by atoms with E-state index in [0.717, 1.165) is 23.8 Å². The van der Waals surface area contributed by atoms with Crippen LogP contribution in [0.2, 0.25) is 0 Å². The molecule has 0 aromatic heterocycles. The van der Waals surface area contributed by atoms with Crippen LogP contribution in [0.4, 0.5) is 31.1 Å². The highest BCUT2D eigenvalue weighted by Crippen LogP contribution is 2.47. The average Bonchev–Trinajstić information content (AvgIpc) is 2.80. The lowest BCUT2D eigenvalue weighted by atomic mass is 9.90. The summed E-state index contributed by atoms with van der Waals surface area (Å²) in [5.74, 6) is -3.46. The van der Waals surface area contributed by atoms with E-state index in [1.165, 1.54) is 7.11 Å². The second-order valence-corrected chi connectivity index (χ2v) is 10.2. The lowest BCUT2D eigenvalue weighted by molar-refractivity contribution is -0.253. The van der Waals surface area contributed by atoms with Crippen LogP contribution in [0.15, 0.2) is 48.5 Å². The summed E-state index contributed by atoms with van der Waals surface area (Å²) in [5.41, 5.74) is -0.670. The van der Waals surface area contributed by atoms with Crippen molar-refractivity contribution in [1.29, 1.82) is 0 Å². The molecule has 1 heterocycles.